The van der Waals surface area contributed by atoms with E-state index < -0.39 is 0 Å². The molecule has 14 heavy (non-hydrogen) atoms. The number of nitrogens with zero attached hydrogens (tertiary/aromatic N) is 4. The highest BCUT2D eigenvalue weighted by Crippen LogP contribution is 2.14. The minimum Gasteiger partial charge on any atom is -0.329 e. The summed E-state index contributed by atoms with van der Waals surface area (Å²) in [6.45, 7) is 5.11. The molecule has 0 saturated carbocycles. The molecule has 0 atom stereocenters. The molecule has 0 aliphatic carbocycles. The number of rotatable bonds is 3. The van der Waals surface area contributed by atoms with Crippen LogP contribution in [0.1, 0.15) is 30.5 Å². The van der Waals surface area contributed by atoms with Gasteiger partial charge in [-0.15, -0.1) is 5.10 Å². The van der Waals surface area contributed by atoms with E-state index in [4.69, 9.17) is 0 Å². The second-order valence-corrected chi connectivity index (χ2v) is 4.32. The molecule has 4 nitrogen and oxygen atoms in total. The van der Waals surface area contributed by atoms with Crippen LogP contribution in [0.2, 0.25) is 0 Å². The van der Waals surface area contributed by atoms with E-state index in [0.717, 1.165) is 17.2 Å². The van der Waals surface area contributed by atoms with Crippen LogP contribution in [0.15, 0.2) is 18.6 Å². The minimum atomic E-state index is 0.450. The first kappa shape index (κ1) is 9.33. The molecule has 0 bridgehead atoms. The molecule has 2 heterocycles. The van der Waals surface area contributed by atoms with Gasteiger partial charge in [0.1, 0.15) is 5.82 Å². The molecule has 0 aliphatic heterocycles. The van der Waals surface area contributed by atoms with Gasteiger partial charge in [-0.2, -0.15) is 0 Å². The number of aromatic nitrogens is 4. The summed E-state index contributed by atoms with van der Waals surface area (Å²) in [7, 11) is 0. The van der Waals surface area contributed by atoms with Gasteiger partial charge in [0.05, 0.1) is 17.6 Å². The predicted octanol–water partition coefficient (Wildman–Crippen LogP) is 1.91. The lowest BCUT2D eigenvalue weighted by atomic mass is 10.2. The van der Waals surface area contributed by atoms with Crippen LogP contribution in [0.3, 0.4) is 0 Å². The van der Waals surface area contributed by atoms with Crippen molar-refractivity contribution in [2.75, 3.05) is 0 Å². The van der Waals surface area contributed by atoms with Crippen LogP contribution in [-0.2, 0) is 6.54 Å². The normalized spacial score (nSPS) is 11.1. The van der Waals surface area contributed by atoms with Gasteiger partial charge in [-0.3, -0.25) is 0 Å². The lowest BCUT2D eigenvalue weighted by Gasteiger charge is -2.07. The van der Waals surface area contributed by atoms with Gasteiger partial charge >= 0.3 is 0 Å². The molecule has 5 heteroatoms. The molecular formula is C9H12N4S. The molecule has 0 fully saturated rings. The zero-order valence-corrected chi connectivity index (χ0v) is 9.03. The van der Waals surface area contributed by atoms with Crippen molar-refractivity contribution in [2.45, 2.75) is 26.3 Å². The Labute approximate surface area is 86.8 Å². The van der Waals surface area contributed by atoms with E-state index in [2.05, 4.69) is 33.0 Å². The van der Waals surface area contributed by atoms with Crippen LogP contribution in [0.4, 0.5) is 0 Å². The third-order valence-electron chi connectivity index (χ3n) is 2.00. The highest BCUT2D eigenvalue weighted by molar-refractivity contribution is 7.05. The molecule has 0 aromatic carbocycles. The molecule has 0 amide bonds. The summed E-state index contributed by atoms with van der Waals surface area (Å²) >= 11 is 1.43. The Morgan fingerprint density at radius 1 is 1.50 bits per heavy atom. The first-order chi connectivity index (χ1) is 6.77. The maximum absolute atomic E-state index is 4.32. The SMILES string of the molecule is CC(C)c1nccn1Cc1cnns1. The number of hydrogen-bond donors (Lipinski definition) is 0. The fourth-order valence-electron chi connectivity index (χ4n) is 1.38. The van der Waals surface area contributed by atoms with Crippen molar-refractivity contribution in [3.05, 3.63) is 29.3 Å². The molecule has 0 aliphatic rings. The van der Waals surface area contributed by atoms with E-state index in [1.807, 2.05) is 12.4 Å². The first-order valence-electron chi connectivity index (χ1n) is 4.54. The molecule has 0 spiro atoms. The fraction of sp³-hybridized carbons (Fsp3) is 0.444. The second-order valence-electron chi connectivity index (χ2n) is 3.45. The maximum Gasteiger partial charge on any atom is 0.111 e. The molecule has 0 saturated heterocycles. The fourth-order valence-corrected chi connectivity index (χ4v) is 1.87. The summed E-state index contributed by atoms with van der Waals surface area (Å²) < 4.78 is 5.97. The molecular weight excluding hydrogens is 196 g/mol. The smallest absolute Gasteiger partial charge is 0.111 e. The quantitative estimate of drug-likeness (QED) is 0.773. The van der Waals surface area contributed by atoms with Gasteiger partial charge < -0.3 is 4.57 Å². The van der Waals surface area contributed by atoms with Gasteiger partial charge in [0.2, 0.25) is 0 Å². The number of imidazole rings is 1. The van der Waals surface area contributed by atoms with Crippen LogP contribution in [-0.4, -0.2) is 19.1 Å². The largest absolute Gasteiger partial charge is 0.329 e. The van der Waals surface area contributed by atoms with Crippen molar-refractivity contribution >= 4 is 11.5 Å². The Morgan fingerprint density at radius 2 is 2.36 bits per heavy atom. The minimum absolute atomic E-state index is 0.450. The van der Waals surface area contributed by atoms with E-state index in [-0.39, 0.29) is 0 Å². The highest BCUT2D eigenvalue weighted by atomic mass is 32.1. The molecule has 2 aromatic rings. The van der Waals surface area contributed by atoms with Gasteiger partial charge in [0.15, 0.2) is 0 Å². The van der Waals surface area contributed by atoms with E-state index in [0.29, 0.717) is 5.92 Å². The van der Waals surface area contributed by atoms with Crippen molar-refractivity contribution in [1.29, 1.82) is 0 Å². The molecule has 74 valence electrons. The van der Waals surface area contributed by atoms with Crippen LogP contribution in [0, 0.1) is 0 Å². The van der Waals surface area contributed by atoms with Crippen LogP contribution >= 0.6 is 11.5 Å². The Balaban J connectivity index is 2.21. The topological polar surface area (TPSA) is 43.6 Å². The molecule has 0 radical (unpaired) electrons. The standard InChI is InChI=1S/C9H12N4S/c1-7(2)9-10-3-4-13(9)6-8-5-11-12-14-8/h3-5,7H,6H2,1-2H3. The van der Waals surface area contributed by atoms with Gasteiger partial charge in [-0.1, -0.05) is 18.3 Å². The Bertz CT molecular complexity index is 391. The van der Waals surface area contributed by atoms with Crippen molar-refractivity contribution in [2.24, 2.45) is 0 Å². The van der Waals surface area contributed by atoms with Crippen LogP contribution in [0.5, 0.6) is 0 Å². The van der Waals surface area contributed by atoms with Crippen LogP contribution < -0.4 is 0 Å². The van der Waals surface area contributed by atoms with E-state index in [1.54, 1.807) is 6.20 Å². The second kappa shape index (κ2) is 3.88. The van der Waals surface area contributed by atoms with E-state index >= 15 is 0 Å². The van der Waals surface area contributed by atoms with E-state index in [9.17, 15) is 0 Å². The summed E-state index contributed by atoms with van der Waals surface area (Å²) in [5.74, 6) is 1.56. The maximum atomic E-state index is 4.32. The Kier molecular flexibility index (Phi) is 2.58. The summed E-state index contributed by atoms with van der Waals surface area (Å²) in [5.41, 5.74) is 0. The highest BCUT2D eigenvalue weighted by Gasteiger charge is 2.07. The molecule has 2 aromatic heterocycles. The molecule has 2 rings (SSSR count). The summed E-state index contributed by atoms with van der Waals surface area (Å²) in [6, 6.07) is 0. The van der Waals surface area contributed by atoms with Crippen molar-refractivity contribution in [3.63, 3.8) is 0 Å². The summed E-state index contributed by atoms with van der Waals surface area (Å²) in [4.78, 5) is 5.48. The third kappa shape index (κ3) is 1.82. The monoisotopic (exact) mass is 208 g/mol. The summed E-state index contributed by atoms with van der Waals surface area (Å²) in [6.07, 6.45) is 5.63. The van der Waals surface area contributed by atoms with Crippen molar-refractivity contribution in [3.8, 4) is 0 Å². The lowest BCUT2D eigenvalue weighted by molar-refractivity contribution is 0.673. The zero-order valence-electron chi connectivity index (χ0n) is 8.21. The summed E-state index contributed by atoms with van der Waals surface area (Å²) in [5, 5.41) is 3.81. The lowest BCUT2D eigenvalue weighted by Crippen LogP contribution is -2.04. The predicted molar refractivity (Wildman–Crippen MR) is 55.3 cm³/mol. The molecule has 0 N–H and O–H groups in total. The van der Waals surface area contributed by atoms with Gasteiger partial charge in [-0.05, 0) is 11.5 Å². The number of hydrogen-bond acceptors (Lipinski definition) is 4. The van der Waals surface area contributed by atoms with Crippen LogP contribution in [0.25, 0.3) is 0 Å². The Hall–Kier alpha value is -1.23. The van der Waals surface area contributed by atoms with Crippen molar-refractivity contribution < 1.29 is 0 Å². The van der Waals surface area contributed by atoms with Gasteiger partial charge in [0.25, 0.3) is 0 Å². The first-order valence-corrected chi connectivity index (χ1v) is 5.32. The van der Waals surface area contributed by atoms with Crippen molar-refractivity contribution in [1.82, 2.24) is 19.1 Å². The zero-order chi connectivity index (χ0) is 9.97. The van der Waals surface area contributed by atoms with Gasteiger partial charge in [0, 0.05) is 18.3 Å². The van der Waals surface area contributed by atoms with Gasteiger partial charge in [-0.25, -0.2) is 4.98 Å². The average Bonchev–Trinajstić information content (AvgIpc) is 2.75. The average molecular weight is 208 g/mol. The molecule has 0 unspecified atom stereocenters. The Morgan fingerprint density at radius 3 is 3.00 bits per heavy atom. The third-order valence-corrected chi connectivity index (χ3v) is 2.64. The van der Waals surface area contributed by atoms with E-state index in [1.165, 1.54) is 11.5 Å².